The van der Waals surface area contributed by atoms with Gasteiger partial charge in [0.05, 0.1) is 64.0 Å². The van der Waals surface area contributed by atoms with Crippen molar-refractivity contribution in [2.45, 2.75) is 54.8 Å². The van der Waals surface area contributed by atoms with Crippen LogP contribution in [-0.4, -0.2) is 64.0 Å². The highest BCUT2D eigenvalue weighted by atomic mass is 16.5. The van der Waals surface area contributed by atoms with Gasteiger partial charge in [-0.3, -0.25) is 0 Å². The lowest BCUT2D eigenvalue weighted by molar-refractivity contribution is -0.0516. The van der Waals surface area contributed by atoms with Crippen LogP contribution >= 0.6 is 0 Å². The molecule has 64 heavy (non-hydrogen) atoms. The fraction of sp³-hybridized carbons (Fsp3) is 0.345. The average molecular weight is 863 g/mol. The number of rotatable bonds is 15. The molecule has 4 saturated carbocycles. The maximum absolute atomic E-state index is 6.52. The second kappa shape index (κ2) is 16.9. The molecular weight excluding hydrogens is 805 g/mol. The summed E-state index contributed by atoms with van der Waals surface area (Å²) in [6.07, 6.45) is 5.25. The highest BCUT2D eigenvalue weighted by molar-refractivity contribution is 5.82. The van der Waals surface area contributed by atoms with Gasteiger partial charge in [-0.2, -0.15) is 0 Å². The summed E-state index contributed by atoms with van der Waals surface area (Å²) in [5.41, 5.74) is 7.87. The molecule has 0 N–H and O–H groups in total. The van der Waals surface area contributed by atoms with E-state index in [2.05, 4.69) is 91.0 Å². The lowest BCUT2D eigenvalue weighted by Gasteiger charge is -2.67. The number of benzene rings is 6. The van der Waals surface area contributed by atoms with Gasteiger partial charge < -0.3 is 42.6 Å². The maximum Gasteiger partial charge on any atom is 0.204 e. The standard InChI is InChI=1S/C55H58O9/c1-56-44-38(35-19-13-10-14-20-35)25-41(47(59-4)50(44)62-7)53-28-34-29-54(31-53,42-26-39(36-21-15-11-16-22-36)45(57-2)51(63-8)48(42)60-5)33-55(30-34,32-53)43-27-40(37-23-17-12-18-24-37)46(58-3)52(64-9)49(43)61-6/h10-27,34H,28-33H2,1-9H3. The van der Waals surface area contributed by atoms with Crippen molar-refractivity contribution in [3.63, 3.8) is 0 Å². The van der Waals surface area contributed by atoms with Crippen LogP contribution in [-0.2, 0) is 16.2 Å². The lowest BCUT2D eigenvalue weighted by atomic mass is 9.36. The fourth-order valence-electron chi connectivity index (χ4n) is 12.7. The first-order valence-electron chi connectivity index (χ1n) is 21.9. The third kappa shape index (κ3) is 6.57. The number of hydrogen-bond acceptors (Lipinski definition) is 9. The first kappa shape index (κ1) is 42.8. The lowest BCUT2D eigenvalue weighted by Crippen LogP contribution is -2.62. The van der Waals surface area contributed by atoms with Crippen LogP contribution in [0.3, 0.4) is 0 Å². The fourth-order valence-corrected chi connectivity index (χ4v) is 12.7. The molecule has 6 aromatic rings. The van der Waals surface area contributed by atoms with Gasteiger partial charge in [-0.05, 0) is 79.3 Å². The maximum atomic E-state index is 6.52. The van der Waals surface area contributed by atoms with E-state index in [0.29, 0.717) is 51.7 Å². The molecule has 4 aliphatic rings. The van der Waals surface area contributed by atoms with Crippen LogP contribution in [0.5, 0.6) is 51.7 Å². The number of ether oxygens (including phenoxy) is 9. The molecule has 0 atom stereocenters. The van der Waals surface area contributed by atoms with E-state index in [1.54, 1.807) is 64.0 Å². The van der Waals surface area contributed by atoms with Gasteiger partial charge in [0.25, 0.3) is 0 Å². The van der Waals surface area contributed by atoms with Crippen molar-refractivity contribution in [3.05, 3.63) is 126 Å². The van der Waals surface area contributed by atoms with Gasteiger partial charge in [-0.25, -0.2) is 0 Å². The molecule has 9 heteroatoms. The highest BCUT2D eigenvalue weighted by Gasteiger charge is 2.67. The third-order valence-electron chi connectivity index (χ3n) is 14.4. The third-order valence-corrected chi connectivity index (χ3v) is 14.4. The van der Waals surface area contributed by atoms with E-state index in [-0.39, 0.29) is 5.92 Å². The molecular formula is C55H58O9. The van der Waals surface area contributed by atoms with E-state index in [1.807, 2.05) is 18.2 Å². The summed E-state index contributed by atoms with van der Waals surface area (Å²) in [5.74, 6) is 5.94. The van der Waals surface area contributed by atoms with E-state index in [4.69, 9.17) is 42.6 Å². The summed E-state index contributed by atoms with van der Waals surface area (Å²) >= 11 is 0. The highest BCUT2D eigenvalue weighted by Crippen LogP contribution is 2.75. The van der Waals surface area contributed by atoms with Crippen molar-refractivity contribution < 1.29 is 42.6 Å². The topological polar surface area (TPSA) is 83.1 Å². The first-order valence-corrected chi connectivity index (χ1v) is 21.9. The van der Waals surface area contributed by atoms with Crippen LogP contribution in [0.2, 0.25) is 0 Å². The molecule has 0 aromatic heterocycles. The molecule has 9 nitrogen and oxygen atoms in total. The van der Waals surface area contributed by atoms with Crippen molar-refractivity contribution in [1.82, 2.24) is 0 Å². The minimum Gasteiger partial charge on any atom is -0.492 e. The van der Waals surface area contributed by atoms with Crippen LogP contribution in [0.15, 0.2) is 109 Å². The molecule has 0 amide bonds. The van der Waals surface area contributed by atoms with E-state index in [0.717, 1.165) is 88.6 Å². The van der Waals surface area contributed by atoms with Crippen molar-refractivity contribution in [3.8, 4) is 85.1 Å². The summed E-state index contributed by atoms with van der Waals surface area (Å²) < 4.78 is 57.1. The van der Waals surface area contributed by atoms with Gasteiger partial charge in [0.15, 0.2) is 34.5 Å². The van der Waals surface area contributed by atoms with E-state index >= 15 is 0 Å². The summed E-state index contributed by atoms with van der Waals surface area (Å²) in [4.78, 5) is 0. The smallest absolute Gasteiger partial charge is 0.204 e. The Kier molecular flexibility index (Phi) is 11.3. The van der Waals surface area contributed by atoms with Crippen LogP contribution in [0.25, 0.3) is 33.4 Å². The van der Waals surface area contributed by atoms with Crippen LogP contribution in [0.4, 0.5) is 0 Å². The largest absolute Gasteiger partial charge is 0.492 e. The minimum absolute atomic E-state index is 0.283. The van der Waals surface area contributed by atoms with Crippen LogP contribution in [0, 0.1) is 5.92 Å². The second-order valence-corrected chi connectivity index (χ2v) is 17.7. The molecule has 0 aliphatic heterocycles. The first-order chi connectivity index (χ1) is 31.2. The number of methoxy groups -OCH3 is 9. The van der Waals surface area contributed by atoms with Gasteiger partial charge >= 0.3 is 0 Å². The molecule has 0 radical (unpaired) electrons. The number of hydrogen-bond donors (Lipinski definition) is 0. The van der Waals surface area contributed by atoms with E-state index < -0.39 is 16.2 Å². The zero-order valence-electron chi connectivity index (χ0n) is 38.4. The molecule has 0 spiro atoms. The Bertz CT molecular complexity index is 2360. The molecule has 0 saturated heterocycles. The van der Waals surface area contributed by atoms with Crippen molar-refractivity contribution >= 4 is 0 Å². The predicted octanol–water partition coefficient (Wildman–Crippen LogP) is 11.9. The van der Waals surface area contributed by atoms with Crippen molar-refractivity contribution in [2.75, 3.05) is 64.0 Å². The average Bonchev–Trinajstić information content (AvgIpc) is 3.34. The Morgan fingerprint density at radius 3 is 0.766 bits per heavy atom. The zero-order valence-corrected chi connectivity index (χ0v) is 38.4. The molecule has 10 rings (SSSR count). The monoisotopic (exact) mass is 862 g/mol. The molecule has 0 unspecified atom stereocenters. The van der Waals surface area contributed by atoms with Gasteiger partial charge in [0, 0.05) is 49.6 Å². The summed E-state index contributed by atoms with van der Waals surface area (Å²) in [6, 6.07) is 38.1. The van der Waals surface area contributed by atoms with Gasteiger partial charge in [-0.1, -0.05) is 91.0 Å². The Balaban J connectivity index is 1.40. The van der Waals surface area contributed by atoms with Gasteiger partial charge in [-0.15, -0.1) is 0 Å². The van der Waals surface area contributed by atoms with Gasteiger partial charge in [0.2, 0.25) is 17.2 Å². The summed E-state index contributed by atoms with van der Waals surface area (Å²) in [7, 11) is 15.4. The van der Waals surface area contributed by atoms with Crippen LogP contribution < -0.4 is 42.6 Å². The SMILES string of the molecule is COc1c(-c2ccccc2)cc(C23CC4CC(c5cc(-c6ccccc6)c(OC)c(OC)c5OC)(C2)CC(c2cc(-c5ccccc5)c(OC)c(OC)c2OC)(C4)C3)c(OC)c1OC. The van der Waals surface area contributed by atoms with Crippen molar-refractivity contribution in [2.24, 2.45) is 5.92 Å². The molecule has 6 aromatic carbocycles. The van der Waals surface area contributed by atoms with E-state index in [1.165, 1.54) is 0 Å². The quantitative estimate of drug-likeness (QED) is 0.100. The van der Waals surface area contributed by atoms with Crippen molar-refractivity contribution in [1.29, 1.82) is 0 Å². The Morgan fingerprint density at radius 2 is 0.547 bits per heavy atom. The molecule has 4 bridgehead atoms. The Hall–Kier alpha value is -6.48. The minimum atomic E-state index is -0.440. The second-order valence-electron chi connectivity index (χ2n) is 17.7. The normalized spacial score (nSPS) is 21.8. The predicted molar refractivity (Wildman–Crippen MR) is 251 cm³/mol. The zero-order chi connectivity index (χ0) is 44.8. The van der Waals surface area contributed by atoms with E-state index in [9.17, 15) is 0 Å². The molecule has 332 valence electrons. The van der Waals surface area contributed by atoms with Gasteiger partial charge in [0.1, 0.15) is 0 Å². The molecule has 4 fully saturated rings. The summed E-state index contributed by atoms with van der Waals surface area (Å²) in [5, 5.41) is 0. The van der Waals surface area contributed by atoms with Crippen LogP contribution in [0.1, 0.15) is 55.2 Å². The Labute approximate surface area is 377 Å². The molecule has 0 heterocycles. The summed E-state index contributed by atoms with van der Waals surface area (Å²) in [6.45, 7) is 0. The molecule has 4 aliphatic carbocycles. The Morgan fingerprint density at radius 1 is 0.312 bits per heavy atom.